The fraction of sp³-hybridized carbons (Fsp3) is 0.500. The molecule has 1 aliphatic heterocycles. The summed E-state index contributed by atoms with van der Waals surface area (Å²) in [4.78, 5) is 18.4. The molecule has 1 saturated carbocycles. The molecule has 150 valence electrons. The van der Waals surface area contributed by atoms with Crippen LogP contribution in [0.3, 0.4) is 0 Å². The Hall–Kier alpha value is -2.36. The third kappa shape index (κ3) is 3.65. The Morgan fingerprint density at radius 1 is 1.07 bits per heavy atom. The summed E-state index contributed by atoms with van der Waals surface area (Å²) in [5.74, 6) is -1.26. The maximum Gasteiger partial charge on any atom is 0.341 e. The van der Waals surface area contributed by atoms with Crippen molar-refractivity contribution >= 4 is 15.7 Å². The molecular weight excluding hydrogens is 390 g/mol. The molecule has 10 heteroatoms. The van der Waals surface area contributed by atoms with Crippen LogP contribution >= 0.6 is 0 Å². The van der Waals surface area contributed by atoms with Crippen molar-refractivity contribution in [3.63, 3.8) is 0 Å². The van der Waals surface area contributed by atoms with Crippen LogP contribution in [0.5, 0.6) is 0 Å². The standard InChI is InChI=1S/C18H20F2N4O3S/c19-18(20)28(26,27)14-5-3-13(4-6-14)17(25)24-9-7-12(8-10-24)16-21-15(22-23-16)11-1-2-11/h3-6,11-12,18H,1-2,7-10H2,(H,21,22,23). The van der Waals surface area contributed by atoms with Crippen LogP contribution in [0, 0.1) is 0 Å². The summed E-state index contributed by atoms with van der Waals surface area (Å²) < 4.78 is 48.1. The Bertz CT molecular complexity index is 963. The highest BCUT2D eigenvalue weighted by Crippen LogP contribution is 2.38. The second-order valence-corrected chi connectivity index (χ2v) is 9.17. The van der Waals surface area contributed by atoms with Crippen LogP contribution < -0.4 is 0 Å². The number of nitrogens with one attached hydrogen (secondary N) is 1. The number of aromatic amines is 1. The largest absolute Gasteiger partial charge is 0.341 e. The van der Waals surface area contributed by atoms with Crippen LogP contribution in [0.4, 0.5) is 8.78 Å². The van der Waals surface area contributed by atoms with E-state index in [1.807, 2.05) is 0 Å². The minimum Gasteiger partial charge on any atom is -0.339 e. The summed E-state index contributed by atoms with van der Waals surface area (Å²) in [6.45, 7) is 1.08. The monoisotopic (exact) mass is 410 g/mol. The molecule has 0 atom stereocenters. The normalized spacial score (nSPS) is 18.6. The molecule has 1 saturated heterocycles. The van der Waals surface area contributed by atoms with Gasteiger partial charge in [0.25, 0.3) is 5.91 Å². The molecule has 1 aliphatic carbocycles. The average molecular weight is 410 g/mol. The molecule has 1 aromatic heterocycles. The van der Waals surface area contributed by atoms with E-state index < -0.39 is 20.5 Å². The van der Waals surface area contributed by atoms with Gasteiger partial charge in [0.05, 0.1) is 4.90 Å². The van der Waals surface area contributed by atoms with E-state index in [-0.39, 0.29) is 17.4 Å². The molecule has 4 rings (SSSR count). The molecule has 2 aliphatic rings. The highest BCUT2D eigenvalue weighted by molar-refractivity contribution is 7.91. The topological polar surface area (TPSA) is 96.0 Å². The zero-order valence-corrected chi connectivity index (χ0v) is 15.8. The van der Waals surface area contributed by atoms with Gasteiger partial charge in [0.1, 0.15) is 5.82 Å². The van der Waals surface area contributed by atoms with Gasteiger partial charge in [-0.15, -0.1) is 0 Å². The van der Waals surface area contributed by atoms with Crippen LogP contribution in [0.1, 0.15) is 59.5 Å². The van der Waals surface area contributed by atoms with Gasteiger partial charge in [-0.05, 0) is 49.9 Å². The molecule has 0 unspecified atom stereocenters. The van der Waals surface area contributed by atoms with Crippen molar-refractivity contribution in [3.05, 3.63) is 41.5 Å². The molecule has 7 nitrogen and oxygen atoms in total. The number of rotatable bonds is 5. The summed E-state index contributed by atoms with van der Waals surface area (Å²) in [7, 11) is -4.66. The lowest BCUT2D eigenvalue weighted by Crippen LogP contribution is -2.38. The van der Waals surface area contributed by atoms with E-state index in [2.05, 4.69) is 15.2 Å². The molecule has 1 amide bonds. The molecule has 2 aromatic rings. The van der Waals surface area contributed by atoms with Crippen LogP contribution in [-0.4, -0.2) is 53.3 Å². The van der Waals surface area contributed by atoms with Gasteiger partial charge >= 0.3 is 5.76 Å². The van der Waals surface area contributed by atoms with E-state index >= 15 is 0 Å². The van der Waals surface area contributed by atoms with Crippen molar-refractivity contribution in [1.29, 1.82) is 0 Å². The number of carbonyl (C=O) groups is 1. The summed E-state index contributed by atoms with van der Waals surface area (Å²) in [6.07, 6.45) is 3.79. The number of alkyl halides is 2. The van der Waals surface area contributed by atoms with Crippen LogP contribution in [-0.2, 0) is 9.84 Å². The van der Waals surface area contributed by atoms with Gasteiger partial charge < -0.3 is 4.90 Å². The highest BCUT2D eigenvalue weighted by Gasteiger charge is 2.31. The Morgan fingerprint density at radius 3 is 2.29 bits per heavy atom. The lowest BCUT2D eigenvalue weighted by molar-refractivity contribution is 0.0711. The van der Waals surface area contributed by atoms with Crippen molar-refractivity contribution < 1.29 is 22.0 Å². The summed E-state index contributed by atoms with van der Waals surface area (Å²) in [5.41, 5.74) is 0.280. The van der Waals surface area contributed by atoms with E-state index in [0.29, 0.717) is 19.0 Å². The SMILES string of the molecule is O=C(c1ccc(S(=O)(=O)C(F)F)cc1)N1CCC(c2nc(C3CC3)n[nH]2)CC1. The first-order valence-electron chi connectivity index (χ1n) is 9.20. The van der Waals surface area contributed by atoms with Crippen molar-refractivity contribution in [2.45, 2.75) is 48.2 Å². The Labute approximate surface area is 161 Å². The maximum atomic E-state index is 12.6. The van der Waals surface area contributed by atoms with E-state index in [9.17, 15) is 22.0 Å². The van der Waals surface area contributed by atoms with Gasteiger partial charge in [-0.2, -0.15) is 13.9 Å². The fourth-order valence-electron chi connectivity index (χ4n) is 3.42. The lowest BCUT2D eigenvalue weighted by atomic mass is 9.95. The predicted octanol–water partition coefficient (Wildman–Crippen LogP) is 2.70. The van der Waals surface area contributed by atoms with Gasteiger partial charge in [0, 0.05) is 30.5 Å². The van der Waals surface area contributed by atoms with E-state index in [1.54, 1.807) is 4.90 Å². The number of halogens is 2. The number of carbonyl (C=O) groups excluding carboxylic acids is 1. The first-order chi connectivity index (χ1) is 13.4. The maximum absolute atomic E-state index is 12.6. The van der Waals surface area contributed by atoms with Gasteiger partial charge in [-0.1, -0.05) is 0 Å². The van der Waals surface area contributed by atoms with Crippen LogP contribution in [0.25, 0.3) is 0 Å². The third-order valence-electron chi connectivity index (χ3n) is 5.30. The molecule has 0 bridgehead atoms. The minimum absolute atomic E-state index is 0.225. The highest BCUT2D eigenvalue weighted by atomic mass is 32.2. The minimum atomic E-state index is -4.66. The van der Waals surface area contributed by atoms with Gasteiger partial charge in [-0.3, -0.25) is 9.89 Å². The van der Waals surface area contributed by atoms with Gasteiger partial charge in [0.15, 0.2) is 5.82 Å². The van der Waals surface area contributed by atoms with Crippen molar-refractivity contribution in [1.82, 2.24) is 20.1 Å². The Balaban J connectivity index is 1.38. The number of likely N-dealkylation sites (tertiary alicyclic amines) is 1. The van der Waals surface area contributed by atoms with Gasteiger partial charge in [-0.25, -0.2) is 13.4 Å². The lowest BCUT2D eigenvalue weighted by Gasteiger charge is -2.31. The summed E-state index contributed by atoms with van der Waals surface area (Å²) in [6, 6.07) is 4.66. The van der Waals surface area contributed by atoms with E-state index in [4.69, 9.17) is 0 Å². The first kappa shape index (κ1) is 19.0. The molecule has 2 fully saturated rings. The molecule has 1 aromatic carbocycles. The number of aromatic nitrogens is 3. The molecule has 1 N–H and O–H groups in total. The summed E-state index contributed by atoms with van der Waals surface area (Å²) >= 11 is 0. The van der Waals surface area contributed by atoms with E-state index in [1.165, 1.54) is 12.1 Å². The van der Waals surface area contributed by atoms with Crippen molar-refractivity contribution in [2.75, 3.05) is 13.1 Å². The van der Waals surface area contributed by atoms with E-state index in [0.717, 1.165) is 49.5 Å². The van der Waals surface area contributed by atoms with Crippen molar-refractivity contribution in [3.8, 4) is 0 Å². The zero-order valence-electron chi connectivity index (χ0n) is 15.0. The van der Waals surface area contributed by atoms with Crippen LogP contribution in [0.15, 0.2) is 29.2 Å². The number of benzene rings is 1. The predicted molar refractivity (Wildman–Crippen MR) is 95.9 cm³/mol. The number of piperidine rings is 1. The Kier molecular flexibility index (Phi) is 4.90. The molecule has 2 heterocycles. The number of amides is 1. The quantitative estimate of drug-likeness (QED) is 0.818. The number of hydrogen-bond donors (Lipinski definition) is 1. The third-order valence-corrected chi connectivity index (χ3v) is 6.69. The second-order valence-electron chi connectivity index (χ2n) is 7.25. The fourth-order valence-corrected chi connectivity index (χ4v) is 4.14. The molecule has 0 spiro atoms. The number of H-pyrrole nitrogens is 1. The van der Waals surface area contributed by atoms with Crippen LogP contribution in [0.2, 0.25) is 0 Å². The number of sulfone groups is 1. The molecule has 0 radical (unpaired) electrons. The van der Waals surface area contributed by atoms with Gasteiger partial charge in [0.2, 0.25) is 9.84 Å². The number of hydrogen-bond acceptors (Lipinski definition) is 5. The first-order valence-corrected chi connectivity index (χ1v) is 10.7. The second kappa shape index (κ2) is 7.23. The Morgan fingerprint density at radius 2 is 1.71 bits per heavy atom. The average Bonchev–Trinajstić information content (AvgIpc) is 3.44. The van der Waals surface area contributed by atoms with Crippen molar-refractivity contribution in [2.24, 2.45) is 0 Å². The zero-order chi connectivity index (χ0) is 19.9. The molecule has 28 heavy (non-hydrogen) atoms. The summed E-state index contributed by atoms with van der Waals surface area (Å²) in [5, 5.41) is 7.30. The molecular formula is C18H20F2N4O3S. The smallest absolute Gasteiger partial charge is 0.339 e. The number of nitrogens with zero attached hydrogens (tertiary/aromatic N) is 3.